The number of anilines is 1. The molecule has 1 aliphatic rings. The number of carbonyl (C=O) groups excluding carboxylic acids is 2. The van der Waals surface area contributed by atoms with Gasteiger partial charge in [0.1, 0.15) is 5.69 Å². The molecular formula is C20H19N3O3S. The van der Waals surface area contributed by atoms with Gasteiger partial charge in [-0.3, -0.25) is 9.59 Å². The van der Waals surface area contributed by atoms with Crippen LogP contribution in [0.25, 0.3) is 10.6 Å². The SMILES string of the molecule is Cc1ccc(N2CC(C(=O)NCc3cc(-c4cccs4)on3)CC2=O)cc1. The molecule has 3 heterocycles. The zero-order valence-electron chi connectivity index (χ0n) is 14.8. The molecule has 1 aliphatic heterocycles. The summed E-state index contributed by atoms with van der Waals surface area (Å²) in [5.74, 6) is 0.164. The second kappa shape index (κ2) is 7.36. The zero-order chi connectivity index (χ0) is 18.8. The Morgan fingerprint density at radius 1 is 1.33 bits per heavy atom. The molecule has 2 aromatic heterocycles. The molecule has 1 atom stereocenters. The van der Waals surface area contributed by atoms with Crippen molar-refractivity contribution in [3.8, 4) is 10.6 Å². The molecule has 0 aliphatic carbocycles. The summed E-state index contributed by atoms with van der Waals surface area (Å²) in [5, 5.41) is 8.83. The van der Waals surface area contributed by atoms with Crippen molar-refractivity contribution in [1.82, 2.24) is 10.5 Å². The number of aryl methyl sites for hydroxylation is 1. The van der Waals surface area contributed by atoms with Gasteiger partial charge in [0, 0.05) is 24.7 Å². The van der Waals surface area contributed by atoms with E-state index in [2.05, 4.69) is 10.5 Å². The molecule has 1 fully saturated rings. The molecule has 0 spiro atoms. The van der Waals surface area contributed by atoms with Crippen molar-refractivity contribution in [1.29, 1.82) is 0 Å². The van der Waals surface area contributed by atoms with E-state index >= 15 is 0 Å². The zero-order valence-corrected chi connectivity index (χ0v) is 15.7. The summed E-state index contributed by atoms with van der Waals surface area (Å²) < 4.78 is 5.32. The van der Waals surface area contributed by atoms with Gasteiger partial charge in [-0.15, -0.1) is 11.3 Å². The van der Waals surface area contributed by atoms with Crippen LogP contribution < -0.4 is 10.2 Å². The molecular weight excluding hydrogens is 362 g/mol. The third kappa shape index (κ3) is 3.78. The molecule has 0 saturated carbocycles. The van der Waals surface area contributed by atoms with Crippen LogP contribution in [-0.4, -0.2) is 23.5 Å². The van der Waals surface area contributed by atoms with Crippen LogP contribution in [0.5, 0.6) is 0 Å². The molecule has 0 bridgehead atoms. The monoisotopic (exact) mass is 381 g/mol. The van der Waals surface area contributed by atoms with E-state index in [-0.39, 0.29) is 30.7 Å². The number of thiophene rings is 1. The molecule has 138 valence electrons. The van der Waals surface area contributed by atoms with Crippen LogP contribution in [0.3, 0.4) is 0 Å². The van der Waals surface area contributed by atoms with Crippen molar-refractivity contribution in [3.05, 3.63) is 59.1 Å². The van der Waals surface area contributed by atoms with E-state index in [0.29, 0.717) is 18.0 Å². The van der Waals surface area contributed by atoms with Gasteiger partial charge in [0.2, 0.25) is 11.8 Å². The predicted molar refractivity (Wildman–Crippen MR) is 103 cm³/mol. The molecule has 3 aromatic rings. The first-order valence-corrected chi connectivity index (χ1v) is 9.62. The average molecular weight is 381 g/mol. The molecule has 1 unspecified atom stereocenters. The van der Waals surface area contributed by atoms with Crippen molar-refractivity contribution in [3.63, 3.8) is 0 Å². The lowest BCUT2D eigenvalue weighted by atomic mass is 10.1. The maximum atomic E-state index is 12.5. The number of hydrogen-bond donors (Lipinski definition) is 1. The third-order valence-corrected chi connectivity index (χ3v) is 5.49. The highest BCUT2D eigenvalue weighted by molar-refractivity contribution is 7.13. The van der Waals surface area contributed by atoms with E-state index in [9.17, 15) is 9.59 Å². The van der Waals surface area contributed by atoms with Gasteiger partial charge in [-0.05, 0) is 30.5 Å². The number of aromatic nitrogens is 1. The lowest BCUT2D eigenvalue weighted by Gasteiger charge is -2.16. The second-order valence-corrected chi connectivity index (χ2v) is 7.57. The minimum atomic E-state index is -0.359. The van der Waals surface area contributed by atoms with Gasteiger partial charge in [-0.1, -0.05) is 28.9 Å². The molecule has 6 nitrogen and oxygen atoms in total. The van der Waals surface area contributed by atoms with Crippen LogP contribution in [0.2, 0.25) is 0 Å². The van der Waals surface area contributed by atoms with Crippen molar-refractivity contribution < 1.29 is 14.1 Å². The fourth-order valence-corrected chi connectivity index (χ4v) is 3.78. The molecule has 7 heteroatoms. The Morgan fingerprint density at radius 3 is 2.89 bits per heavy atom. The van der Waals surface area contributed by atoms with Crippen molar-refractivity contribution >= 4 is 28.8 Å². The molecule has 2 amide bonds. The number of nitrogens with zero attached hydrogens (tertiary/aromatic N) is 2. The minimum Gasteiger partial charge on any atom is -0.355 e. The number of carbonyl (C=O) groups is 2. The summed E-state index contributed by atoms with van der Waals surface area (Å²) in [6, 6.07) is 13.5. The van der Waals surface area contributed by atoms with Crippen LogP contribution in [-0.2, 0) is 16.1 Å². The van der Waals surface area contributed by atoms with E-state index in [1.807, 2.05) is 54.8 Å². The van der Waals surface area contributed by atoms with Crippen molar-refractivity contribution in [2.75, 3.05) is 11.4 Å². The highest BCUT2D eigenvalue weighted by Gasteiger charge is 2.35. The summed E-state index contributed by atoms with van der Waals surface area (Å²) in [6.45, 7) is 2.68. The van der Waals surface area contributed by atoms with E-state index in [0.717, 1.165) is 16.1 Å². The first-order chi connectivity index (χ1) is 13.1. The van der Waals surface area contributed by atoms with E-state index in [4.69, 9.17) is 4.52 Å². The number of rotatable bonds is 5. The summed E-state index contributed by atoms with van der Waals surface area (Å²) >= 11 is 1.57. The molecule has 1 N–H and O–H groups in total. The summed E-state index contributed by atoms with van der Waals surface area (Å²) in [6.07, 6.45) is 0.221. The number of amides is 2. The fourth-order valence-electron chi connectivity index (χ4n) is 3.11. The quantitative estimate of drug-likeness (QED) is 0.735. The Labute approximate surface area is 160 Å². The Morgan fingerprint density at radius 2 is 2.15 bits per heavy atom. The van der Waals surface area contributed by atoms with Crippen LogP contribution in [0.1, 0.15) is 17.7 Å². The van der Waals surface area contributed by atoms with Gasteiger partial charge in [-0.25, -0.2) is 0 Å². The van der Waals surface area contributed by atoms with Crippen LogP contribution in [0.15, 0.2) is 52.4 Å². The maximum absolute atomic E-state index is 12.5. The van der Waals surface area contributed by atoms with E-state index in [1.165, 1.54) is 0 Å². The predicted octanol–water partition coefficient (Wildman–Crippen LogP) is 3.38. The van der Waals surface area contributed by atoms with Gasteiger partial charge in [-0.2, -0.15) is 0 Å². The smallest absolute Gasteiger partial charge is 0.227 e. The standard InChI is InChI=1S/C20H19N3O3S/c1-13-4-6-16(7-5-13)23-12-14(9-19(23)24)20(25)21-11-15-10-17(26-22-15)18-3-2-8-27-18/h2-8,10,14H,9,11-12H2,1H3,(H,21,25). The highest BCUT2D eigenvalue weighted by atomic mass is 32.1. The number of hydrogen-bond acceptors (Lipinski definition) is 5. The van der Waals surface area contributed by atoms with Crippen molar-refractivity contribution in [2.45, 2.75) is 19.9 Å². The van der Waals surface area contributed by atoms with Gasteiger partial charge in [0.05, 0.1) is 17.3 Å². The highest BCUT2D eigenvalue weighted by Crippen LogP contribution is 2.26. The molecule has 27 heavy (non-hydrogen) atoms. The average Bonchev–Trinajstić information content (AvgIpc) is 3.41. The molecule has 4 rings (SSSR count). The van der Waals surface area contributed by atoms with Crippen molar-refractivity contribution in [2.24, 2.45) is 5.92 Å². The normalized spacial score (nSPS) is 16.7. The minimum absolute atomic E-state index is 0.0274. The number of benzene rings is 1. The largest absolute Gasteiger partial charge is 0.355 e. The Kier molecular flexibility index (Phi) is 4.77. The number of nitrogens with one attached hydrogen (secondary N) is 1. The maximum Gasteiger partial charge on any atom is 0.227 e. The van der Waals surface area contributed by atoms with Crippen LogP contribution in [0.4, 0.5) is 5.69 Å². The Bertz CT molecular complexity index is 947. The molecule has 1 saturated heterocycles. The third-order valence-electron chi connectivity index (χ3n) is 4.61. The fraction of sp³-hybridized carbons (Fsp3) is 0.250. The topological polar surface area (TPSA) is 75.4 Å². The van der Waals surface area contributed by atoms with Crippen LogP contribution in [0, 0.1) is 12.8 Å². The Balaban J connectivity index is 1.35. The molecule has 0 radical (unpaired) electrons. The van der Waals surface area contributed by atoms with E-state index in [1.54, 1.807) is 16.2 Å². The van der Waals surface area contributed by atoms with Gasteiger partial charge >= 0.3 is 0 Å². The first kappa shape index (κ1) is 17.5. The second-order valence-electron chi connectivity index (χ2n) is 6.62. The lowest BCUT2D eigenvalue weighted by molar-refractivity contribution is -0.126. The lowest BCUT2D eigenvalue weighted by Crippen LogP contribution is -2.32. The summed E-state index contributed by atoms with van der Waals surface area (Å²) in [7, 11) is 0. The van der Waals surface area contributed by atoms with Gasteiger partial charge in [0.15, 0.2) is 5.76 Å². The van der Waals surface area contributed by atoms with Gasteiger partial charge in [0.25, 0.3) is 0 Å². The first-order valence-electron chi connectivity index (χ1n) is 8.74. The summed E-state index contributed by atoms with van der Waals surface area (Å²) in [5.41, 5.74) is 2.62. The Hall–Kier alpha value is -2.93. The van der Waals surface area contributed by atoms with E-state index < -0.39 is 0 Å². The summed E-state index contributed by atoms with van der Waals surface area (Å²) in [4.78, 5) is 27.5. The van der Waals surface area contributed by atoms with Gasteiger partial charge < -0.3 is 14.7 Å². The van der Waals surface area contributed by atoms with Crippen LogP contribution >= 0.6 is 11.3 Å². The molecule has 1 aromatic carbocycles.